The van der Waals surface area contributed by atoms with Crippen LogP contribution in [-0.4, -0.2) is 36.0 Å². The average Bonchev–Trinajstić information content (AvgIpc) is 2.83. The van der Waals surface area contributed by atoms with Crippen molar-refractivity contribution in [3.63, 3.8) is 0 Å². The van der Waals surface area contributed by atoms with Crippen LogP contribution in [-0.2, 0) is 11.3 Å². The van der Waals surface area contributed by atoms with Crippen LogP contribution in [0.2, 0.25) is 0 Å². The highest BCUT2D eigenvalue weighted by molar-refractivity contribution is 5.16. The first-order valence-corrected chi connectivity index (χ1v) is 6.61. The minimum atomic E-state index is 0.413. The van der Waals surface area contributed by atoms with Crippen molar-refractivity contribution >= 4 is 6.01 Å². The van der Waals surface area contributed by atoms with Crippen LogP contribution in [0.25, 0.3) is 0 Å². The molecule has 1 fully saturated rings. The van der Waals surface area contributed by atoms with E-state index in [2.05, 4.69) is 34.7 Å². The van der Waals surface area contributed by atoms with E-state index in [1.165, 1.54) is 0 Å². The molecule has 6 heteroatoms. The van der Waals surface area contributed by atoms with Crippen LogP contribution in [0.4, 0.5) is 6.01 Å². The van der Waals surface area contributed by atoms with Crippen LogP contribution in [0.3, 0.4) is 0 Å². The van der Waals surface area contributed by atoms with Gasteiger partial charge in [-0.1, -0.05) is 18.9 Å². The molecule has 1 aromatic heterocycles. The maximum absolute atomic E-state index is 5.50. The molecule has 6 nitrogen and oxygen atoms in total. The van der Waals surface area contributed by atoms with Gasteiger partial charge in [-0.15, -0.1) is 5.10 Å². The molecule has 0 amide bonds. The third kappa shape index (κ3) is 4.27. The van der Waals surface area contributed by atoms with Gasteiger partial charge in [-0.2, -0.15) is 0 Å². The molecule has 0 atom stereocenters. The number of nitrogens with one attached hydrogen (secondary N) is 2. The lowest BCUT2D eigenvalue weighted by atomic mass is 10.0. The Bertz CT molecular complexity index is 348. The van der Waals surface area contributed by atoms with Crippen molar-refractivity contribution in [1.82, 2.24) is 15.5 Å². The Morgan fingerprint density at radius 2 is 2.06 bits per heavy atom. The van der Waals surface area contributed by atoms with Crippen LogP contribution in [0, 0.1) is 5.92 Å². The lowest BCUT2D eigenvalue weighted by Gasteiger charge is -2.21. The van der Waals surface area contributed by atoms with Crippen LogP contribution in [0.1, 0.15) is 32.6 Å². The summed E-state index contributed by atoms with van der Waals surface area (Å²) in [5.41, 5.74) is 0. The Labute approximate surface area is 107 Å². The molecule has 2 rings (SSSR count). The molecule has 0 spiro atoms. The highest BCUT2D eigenvalue weighted by Gasteiger charge is 2.14. The lowest BCUT2D eigenvalue weighted by Crippen LogP contribution is -2.22. The smallest absolute Gasteiger partial charge is 0.315 e. The third-order valence-corrected chi connectivity index (χ3v) is 3.01. The molecule has 0 radical (unpaired) electrons. The summed E-state index contributed by atoms with van der Waals surface area (Å²) < 4.78 is 10.8. The lowest BCUT2D eigenvalue weighted by molar-refractivity contribution is 0.0698. The fourth-order valence-electron chi connectivity index (χ4n) is 1.87. The van der Waals surface area contributed by atoms with Crippen LogP contribution < -0.4 is 10.6 Å². The molecule has 2 heterocycles. The van der Waals surface area contributed by atoms with Gasteiger partial charge < -0.3 is 19.8 Å². The van der Waals surface area contributed by atoms with Gasteiger partial charge in [0.05, 0.1) is 6.54 Å². The molecule has 18 heavy (non-hydrogen) atoms. The van der Waals surface area contributed by atoms with E-state index in [0.717, 1.165) is 32.6 Å². The number of hydrogen-bond acceptors (Lipinski definition) is 6. The highest BCUT2D eigenvalue weighted by atomic mass is 16.5. The molecular weight excluding hydrogens is 232 g/mol. The number of nitrogens with zero attached hydrogens (tertiary/aromatic N) is 2. The molecule has 1 aliphatic rings. The predicted molar refractivity (Wildman–Crippen MR) is 68.3 cm³/mol. The van der Waals surface area contributed by atoms with Crippen molar-refractivity contribution < 1.29 is 9.15 Å². The second-order valence-corrected chi connectivity index (χ2v) is 4.97. The molecule has 1 saturated heterocycles. The van der Waals surface area contributed by atoms with E-state index in [9.17, 15) is 0 Å². The highest BCUT2D eigenvalue weighted by Crippen LogP contribution is 2.15. The molecular formula is C12H22N4O2. The number of rotatable bonds is 6. The van der Waals surface area contributed by atoms with Gasteiger partial charge in [0.25, 0.3) is 0 Å². The molecule has 1 aliphatic heterocycles. The first-order valence-electron chi connectivity index (χ1n) is 6.61. The summed E-state index contributed by atoms with van der Waals surface area (Å²) in [6, 6.07) is 0.928. The van der Waals surface area contributed by atoms with Crippen molar-refractivity contribution in [2.75, 3.05) is 25.1 Å². The summed E-state index contributed by atoms with van der Waals surface area (Å²) in [5, 5.41) is 14.4. The zero-order chi connectivity index (χ0) is 12.8. The van der Waals surface area contributed by atoms with Gasteiger partial charge in [-0.3, -0.25) is 0 Å². The second kappa shape index (κ2) is 6.70. The second-order valence-electron chi connectivity index (χ2n) is 4.97. The van der Waals surface area contributed by atoms with E-state index in [-0.39, 0.29) is 0 Å². The summed E-state index contributed by atoms with van der Waals surface area (Å²) in [4.78, 5) is 0. The summed E-state index contributed by atoms with van der Waals surface area (Å²) in [5.74, 6) is 1.26. The Balaban J connectivity index is 1.72. The summed E-state index contributed by atoms with van der Waals surface area (Å²) in [6.07, 6.45) is 2.20. The van der Waals surface area contributed by atoms with E-state index in [1.54, 1.807) is 0 Å². The zero-order valence-corrected chi connectivity index (χ0v) is 11.1. The fourth-order valence-corrected chi connectivity index (χ4v) is 1.87. The minimum absolute atomic E-state index is 0.413. The Kier molecular flexibility index (Phi) is 4.95. The third-order valence-electron chi connectivity index (χ3n) is 3.01. The van der Waals surface area contributed by atoms with E-state index in [0.29, 0.717) is 30.4 Å². The van der Waals surface area contributed by atoms with Crippen LogP contribution in [0.5, 0.6) is 0 Å². The predicted octanol–water partition coefficient (Wildman–Crippen LogP) is 1.41. The zero-order valence-electron chi connectivity index (χ0n) is 11.1. The van der Waals surface area contributed by atoms with Crippen molar-refractivity contribution in [1.29, 1.82) is 0 Å². The number of aromatic nitrogens is 2. The van der Waals surface area contributed by atoms with Crippen molar-refractivity contribution in [3.05, 3.63) is 5.89 Å². The van der Waals surface area contributed by atoms with Crippen LogP contribution in [0.15, 0.2) is 4.42 Å². The van der Waals surface area contributed by atoms with Crippen molar-refractivity contribution in [2.45, 2.75) is 39.3 Å². The van der Waals surface area contributed by atoms with Gasteiger partial charge in [0.15, 0.2) is 0 Å². The van der Waals surface area contributed by atoms with Crippen LogP contribution >= 0.6 is 0 Å². The first kappa shape index (κ1) is 13.3. The number of anilines is 1. The van der Waals surface area contributed by atoms with E-state index in [4.69, 9.17) is 9.15 Å². The maximum atomic E-state index is 5.50. The molecule has 0 aromatic carbocycles. The Morgan fingerprint density at radius 3 is 2.78 bits per heavy atom. The largest absolute Gasteiger partial charge is 0.407 e. The average molecular weight is 254 g/mol. The minimum Gasteiger partial charge on any atom is -0.407 e. The standard InChI is InChI=1S/C12H22N4O2/c1-9(2)13-8-11-15-16-12(18-11)14-7-10-3-5-17-6-4-10/h9-10,13H,3-8H2,1-2H3,(H,14,16). The normalized spacial score (nSPS) is 17.3. The van der Waals surface area contributed by atoms with E-state index in [1.807, 2.05) is 0 Å². The summed E-state index contributed by atoms with van der Waals surface area (Å²) >= 11 is 0. The van der Waals surface area contributed by atoms with Gasteiger partial charge in [-0.05, 0) is 18.8 Å². The molecule has 2 N–H and O–H groups in total. The van der Waals surface area contributed by atoms with Gasteiger partial charge in [0.2, 0.25) is 5.89 Å². The maximum Gasteiger partial charge on any atom is 0.315 e. The first-order chi connectivity index (χ1) is 8.74. The topological polar surface area (TPSA) is 72.2 Å². The van der Waals surface area contributed by atoms with E-state index < -0.39 is 0 Å². The van der Waals surface area contributed by atoms with Gasteiger partial charge >= 0.3 is 6.01 Å². The number of hydrogen-bond donors (Lipinski definition) is 2. The SMILES string of the molecule is CC(C)NCc1nnc(NCC2CCOCC2)o1. The molecule has 102 valence electrons. The molecule has 0 unspecified atom stereocenters. The molecule has 0 aliphatic carbocycles. The van der Waals surface area contributed by atoms with E-state index >= 15 is 0 Å². The Hall–Kier alpha value is -1.14. The fraction of sp³-hybridized carbons (Fsp3) is 0.833. The van der Waals surface area contributed by atoms with Gasteiger partial charge in [-0.25, -0.2) is 0 Å². The molecule has 0 saturated carbocycles. The molecule has 1 aromatic rings. The Morgan fingerprint density at radius 1 is 1.28 bits per heavy atom. The van der Waals surface area contributed by atoms with Gasteiger partial charge in [0.1, 0.15) is 0 Å². The van der Waals surface area contributed by atoms with Crippen molar-refractivity contribution in [2.24, 2.45) is 5.92 Å². The monoisotopic (exact) mass is 254 g/mol. The number of ether oxygens (including phenoxy) is 1. The van der Waals surface area contributed by atoms with Crippen molar-refractivity contribution in [3.8, 4) is 0 Å². The molecule has 0 bridgehead atoms. The van der Waals surface area contributed by atoms with Gasteiger partial charge in [0, 0.05) is 25.8 Å². The summed E-state index contributed by atoms with van der Waals surface area (Å²) in [6.45, 7) is 7.38. The quantitative estimate of drug-likeness (QED) is 0.799. The summed E-state index contributed by atoms with van der Waals surface area (Å²) in [7, 11) is 0.